The van der Waals surface area contributed by atoms with E-state index in [9.17, 15) is 4.79 Å². The molecule has 22 heavy (non-hydrogen) atoms. The van der Waals surface area contributed by atoms with Crippen LogP contribution in [0, 0.1) is 0 Å². The van der Waals surface area contributed by atoms with E-state index < -0.39 is 0 Å². The summed E-state index contributed by atoms with van der Waals surface area (Å²) in [5.74, 6) is 0.506. The third-order valence-corrected chi connectivity index (χ3v) is 3.89. The number of nitrogens with zero attached hydrogens (tertiary/aromatic N) is 3. The molecule has 0 saturated heterocycles. The summed E-state index contributed by atoms with van der Waals surface area (Å²) in [6.45, 7) is 0. The second-order valence-corrected chi connectivity index (χ2v) is 5.48. The maximum atomic E-state index is 11.9. The van der Waals surface area contributed by atoms with Gasteiger partial charge < -0.3 is 5.32 Å². The molecule has 110 valence electrons. The first-order chi connectivity index (χ1) is 10.8. The zero-order valence-corrected chi connectivity index (χ0v) is 12.6. The minimum absolute atomic E-state index is 0.0638. The summed E-state index contributed by atoms with van der Waals surface area (Å²) in [5, 5.41) is 5.61. The molecule has 3 rings (SSSR count). The number of thiazole rings is 1. The number of hydrogen-bond donors (Lipinski definition) is 1. The van der Waals surface area contributed by atoms with Crippen molar-refractivity contribution in [3.05, 3.63) is 59.9 Å². The largest absolute Gasteiger partial charge is 0.311 e. The van der Waals surface area contributed by atoms with E-state index in [1.54, 1.807) is 29.8 Å². The fraction of sp³-hybridized carbons (Fsp3) is 0.125. The van der Waals surface area contributed by atoms with E-state index in [0.717, 1.165) is 16.4 Å². The maximum Gasteiger partial charge on any atom is 0.225 e. The molecule has 0 aliphatic heterocycles. The van der Waals surface area contributed by atoms with E-state index >= 15 is 0 Å². The Hall–Kier alpha value is -2.60. The molecule has 1 amide bonds. The molecule has 0 bridgehead atoms. The molecular weight excluding hydrogens is 296 g/mol. The molecule has 0 unspecified atom stereocenters. The Labute approximate surface area is 132 Å². The normalized spacial score (nSPS) is 10.4. The average Bonchev–Trinajstić information content (AvgIpc) is 3.04. The lowest BCUT2D eigenvalue weighted by Gasteiger charge is -2.02. The highest BCUT2D eigenvalue weighted by Gasteiger charge is 2.08. The van der Waals surface area contributed by atoms with Crippen molar-refractivity contribution in [2.75, 3.05) is 5.32 Å². The molecule has 0 aromatic carbocycles. The minimum Gasteiger partial charge on any atom is -0.311 e. The van der Waals surface area contributed by atoms with Crippen molar-refractivity contribution >= 4 is 23.1 Å². The number of amides is 1. The van der Waals surface area contributed by atoms with E-state index in [1.807, 2.05) is 35.7 Å². The van der Waals surface area contributed by atoms with E-state index in [2.05, 4.69) is 20.3 Å². The fourth-order valence-corrected chi connectivity index (χ4v) is 2.74. The molecule has 0 atom stereocenters. The molecule has 0 aliphatic carbocycles. The van der Waals surface area contributed by atoms with Gasteiger partial charge in [-0.1, -0.05) is 12.1 Å². The Morgan fingerprint density at radius 2 is 1.91 bits per heavy atom. The minimum atomic E-state index is -0.0638. The van der Waals surface area contributed by atoms with Crippen LogP contribution in [0.15, 0.2) is 54.2 Å². The van der Waals surface area contributed by atoms with Crippen LogP contribution in [0.5, 0.6) is 0 Å². The fourth-order valence-electron chi connectivity index (χ4n) is 1.91. The summed E-state index contributed by atoms with van der Waals surface area (Å²) in [4.78, 5) is 24.7. The Morgan fingerprint density at radius 1 is 1.09 bits per heavy atom. The van der Waals surface area contributed by atoms with Gasteiger partial charge in [0.25, 0.3) is 0 Å². The van der Waals surface area contributed by atoms with Crippen LogP contribution in [-0.4, -0.2) is 20.9 Å². The zero-order valence-electron chi connectivity index (χ0n) is 11.8. The van der Waals surface area contributed by atoms with Gasteiger partial charge in [-0.2, -0.15) is 0 Å². The Morgan fingerprint density at radius 3 is 2.64 bits per heavy atom. The van der Waals surface area contributed by atoms with Crippen molar-refractivity contribution < 1.29 is 4.79 Å². The van der Waals surface area contributed by atoms with E-state index in [1.165, 1.54) is 0 Å². The van der Waals surface area contributed by atoms with Crippen LogP contribution in [0.25, 0.3) is 10.7 Å². The maximum absolute atomic E-state index is 11.9. The smallest absolute Gasteiger partial charge is 0.225 e. The number of hydrogen-bond acceptors (Lipinski definition) is 5. The van der Waals surface area contributed by atoms with Crippen molar-refractivity contribution in [2.45, 2.75) is 12.8 Å². The van der Waals surface area contributed by atoms with Crippen molar-refractivity contribution in [2.24, 2.45) is 0 Å². The molecule has 5 nitrogen and oxygen atoms in total. The third-order valence-electron chi connectivity index (χ3n) is 2.98. The van der Waals surface area contributed by atoms with Gasteiger partial charge >= 0.3 is 0 Å². The number of rotatable bonds is 5. The molecule has 3 aromatic heterocycles. The van der Waals surface area contributed by atoms with Crippen LogP contribution >= 0.6 is 11.3 Å². The summed E-state index contributed by atoms with van der Waals surface area (Å²) in [6.07, 6.45) is 4.37. The van der Waals surface area contributed by atoms with Gasteiger partial charge in [0.15, 0.2) is 0 Å². The summed E-state index contributed by atoms with van der Waals surface area (Å²) in [7, 11) is 0. The van der Waals surface area contributed by atoms with Crippen molar-refractivity contribution in [1.82, 2.24) is 15.0 Å². The number of aryl methyl sites for hydroxylation is 1. The van der Waals surface area contributed by atoms with Gasteiger partial charge in [-0.25, -0.2) is 9.97 Å². The Balaban J connectivity index is 1.56. The SMILES string of the molecule is O=C(CCc1csc(-c2ccccn2)n1)Nc1ccccn1. The number of anilines is 1. The third kappa shape index (κ3) is 3.73. The highest BCUT2D eigenvalue weighted by Crippen LogP contribution is 2.21. The first kappa shape index (κ1) is 14.3. The number of pyridine rings is 2. The molecular formula is C16H14N4OS. The lowest BCUT2D eigenvalue weighted by molar-refractivity contribution is -0.116. The molecule has 0 spiro atoms. The first-order valence-electron chi connectivity index (χ1n) is 6.88. The number of nitrogens with one attached hydrogen (secondary N) is 1. The Kier molecular flexibility index (Phi) is 4.50. The van der Waals surface area contributed by atoms with Gasteiger partial charge in [0.1, 0.15) is 10.8 Å². The van der Waals surface area contributed by atoms with Crippen LogP contribution in [0.1, 0.15) is 12.1 Å². The van der Waals surface area contributed by atoms with E-state index in [-0.39, 0.29) is 5.91 Å². The second-order valence-electron chi connectivity index (χ2n) is 4.62. The van der Waals surface area contributed by atoms with Crippen molar-refractivity contribution in [3.63, 3.8) is 0 Å². The van der Waals surface area contributed by atoms with Crippen LogP contribution < -0.4 is 5.32 Å². The van der Waals surface area contributed by atoms with Gasteiger partial charge in [0, 0.05) is 24.2 Å². The van der Waals surface area contributed by atoms with Crippen LogP contribution in [-0.2, 0) is 11.2 Å². The van der Waals surface area contributed by atoms with E-state index in [4.69, 9.17) is 0 Å². The lowest BCUT2D eigenvalue weighted by Crippen LogP contribution is -2.13. The van der Waals surface area contributed by atoms with Gasteiger partial charge in [-0.15, -0.1) is 11.3 Å². The molecule has 3 heterocycles. The van der Waals surface area contributed by atoms with Crippen LogP contribution in [0.2, 0.25) is 0 Å². The molecule has 0 radical (unpaired) electrons. The summed E-state index contributed by atoms with van der Waals surface area (Å²) >= 11 is 1.54. The van der Waals surface area contributed by atoms with Gasteiger partial charge in [-0.3, -0.25) is 9.78 Å². The standard InChI is InChI=1S/C16H14N4OS/c21-15(20-14-6-2-4-10-18-14)8-7-12-11-22-16(19-12)13-5-1-3-9-17-13/h1-6,9-11H,7-8H2,(H,18,20,21). The molecule has 6 heteroatoms. The number of aromatic nitrogens is 3. The van der Waals surface area contributed by atoms with Crippen molar-refractivity contribution in [3.8, 4) is 10.7 Å². The monoisotopic (exact) mass is 310 g/mol. The predicted molar refractivity (Wildman–Crippen MR) is 86.5 cm³/mol. The molecule has 0 saturated carbocycles. The highest BCUT2D eigenvalue weighted by atomic mass is 32.1. The first-order valence-corrected chi connectivity index (χ1v) is 7.76. The van der Waals surface area contributed by atoms with Crippen molar-refractivity contribution in [1.29, 1.82) is 0 Å². The van der Waals surface area contributed by atoms with Crippen LogP contribution in [0.3, 0.4) is 0 Å². The van der Waals surface area contributed by atoms with Gasteiger partial charge in [-0.05, 0) is 30.7 Å². The number of carbonyl (C=O) groups is 1. The molecule has 3 aromatic rings. The summed E-state index contributed by atoms with van der Waals surface area (Å²) in [6, 6.07) is 11.1. The average molecular weight is 310 g/mol. The summed E-state index contributed by atoms with van der Waals surface area (Å²) in [5.41, 5.74) is 1.76. The Bertz CT molecular complexity index is 743. The second kappa shape index (κ2) is 6.91. The molecule has 0 fully saturated rings. The summed E-state index contributed by atoms with van der Waals surface area (Å²) < 4.78 is 0. The highest BCUT2D eigenvalue weighted by molar-refractivity contribution is 7.13. The molecule has 0 aliphatic rings. The topological polar surface area (TPSA) is 67.8 Å². The van der Waals surface area contributed by atoms with Gasteiger partial charge in [0.2, 0.25) is 5.91 Å². The number of carbonyl (C=O) groups excluding carboxylic acids is 1. The zero-order chi connectivity index (χ0) is 15.2. The molecule has 1 N–H and O–H groups in total. The van der Waals surface area contributed by atoms with Crippen LogP contribution in [0.4, 0.5) is 5.82 Å². The predicted octanol–water partition coefficient (Wildman–Crippen LogP) is 3.17. The quantitative estimate of drug-likeness (QED) is 0.786. The van der Waals surface area contributed by atoms with E-state index in [0.29, 0.717) is 18.7 Å². The van der Waals surface area contributed by atoms with Gasteiger partial charge in [0.05, 0.1) is 11.4 Å². The lowest BCUT2D eigenvalue weighted by atomic mass is 10.2.